The minimum atomic E-state index is -1.54. The van der Waals surface area contributed by atoms with Crippen molar-refractivity contribution in [3.05, 3.63) is 100 Å². The van der Waals surface area contributed by atoms with Gasteiger partial charge in [0.15, 0.2) is 11.5 Å². The molecule has 7 rings (SSSR count). The van der Waals surface area contributed by atoms with E-state index in [0.29, 0.717) is 27.3 Å². The fourth-order valence-corrected chi connectivity index (χ4v) is 8.53. The van der Waals surface area contributed by atoms with E-state index in [4.69, 9.17) is 21.1 Å². The summed E-state index contributed by atoms with van der Waals surface area (Å²) in [5.41, 5.74) is 4.72. The van der Waals surface area contributed by atoms with Gasteiger partial charge in [0, 0.05) is 5.92 Å². The number of hydrogen-bond donors (Lipinski definition) is 2. The number of hydrazine groups is 1. The van der Waals surface area contributed by atoms with Crippen molar-refractivity contribution in [2.45, 2.75) is 31.1 Å². The number of amides is 5. The van der Waals surface area contributed by atoms with Crippen molar-refractivity contribution in [3.8, 4) is 11.5 Å². The van der Waals surface area contributed by atoms with Gasteiger partial charge in [-0.1, -0.05) is 71.3 Å². The van der Waals surface area contributed by atoms with Crippen LogP contribution in [0, 0.1) is 30.6 Å². The summed E-state index contributed by atoms with van der Waals surface area (Å²) in [6, 6.07) is 19.4. The third-order valence-electron chi connectivity index (χ3n) is 10.4. The second kappa shape index (κ2) is 11.5. The highest BCUT2D eigenvalue weighted by Crippen LogP contribution is 2.64. The average molecular weight is 670 g/mol. The van der Waals surface area contributed by atoms with Crippen LogP contribution in [0.25, 0.3) is 0 Å². The van der Waals surface area contributed by atoms with Crippen LogP contribution in [0.2, 0.25) is 5.02 Å². The number of nitrogens with one attached hydrogen (secondary N) is 1. The Hall–Kier alpha value is -5.16. The van der Waals surface area contributed by atoms with E-state index < -0.39 is 64.7 Å². The van der Waals surface area contributed by atoms with Gasteiger partial charge in [0.1, 0.15) is 0 Å². The Kier molecular flexibility index (Phi) is 7.54. The van der Waals surface area contributed by atoms with Crippen molar-refractivity contribution in [1.29, 1.82) is 0 Å². The Morgan fingerprint density at radius 1 is 0.958 bits per heavy atom. The van der Waals surface area contributed by atoms with Crippen LogP contribution in [0.15, 0.2) is 78.4 Å². The number of rotatable bonds is 5. The van der Waals surface area contributed by atoms with Crippen molar-refractivity contribution in [3.63, 3.8) is 0 Å². The van der Waals surface area contributed by atoms with Gasteiger partial charge in [-0.15, -0.1) is 0 Å². The molecule has 5 amide bonds. The van der Waals surface area contributed by atoms with Gasteiger partial charge in [-0.2, -0.15) is 9.91 Å². The first-order valence-corrected chi connectivity index (χ1v) is 15.9. The van der Waals surface area contributed by atoms with Crippen LogP contribution in [0.5, 0.6) is 11.5 Å². The van der Waals surface area contributed by atoms with Crippen LogP contribution in [0.1, 0.15) is 35.4 Å². The average Bonchev–Trinajstić information content (AvgIpc) is 3.47. The number of ether oxygens (including phenoxy) is 2. The SMILES string of the molecule is COC(=O)N1C(=O)C2CC=C3C(CC4C(=O)N(Nc5ccc(C)cc5)C(=O)C4(c4ccccc4)C3c3cc(Cl)c(O)c(OC)c3)C2C1=O. The molecular formula is C36H32ClN3O8. The molecule has 2 saturated heterocycles. The molecule has 6 atom stereocenters. The van der Waals surface area contributed by atoms with Crippen LogP contribution in [-0.4, -0.2) is 59.0 Å². The van der Waals surface area contributed by atoms with Gasteiger partial charge < -0.3 is 14.6 Å². The smallest absolute Gasteiger partial charge is 0.423 e. The predicted octanol–water partition coefficient (Wildman–Crippen LogP) is 5.11. The highest BCUT2D eigenvalue weighted by Gasteiger charge is 2.70. The van der Waals surface area contributed by atoms with Gasteiger partial charge in [-0.25, -0.2) is 4.79 Å². The Bertz CT molecular complexity index is 1910. The number of phenols is 1. The monoisotopic (exact) mass is 669 g/mol. The number of likely N-dealkylation sites (tertiary alicyclic amines) is 1. The lowest BCUT2D eigenvalue weighted by molar-refractivity contribution is -0.140. The van der Waals surface area contributed by atoms with Crippen molar-refractivity contribution < 1.29 is 38.6 Å². The highest BCUT2D eigenvalue weighted by molar-refractivity contribution is 6.32. The zero-order chi connectivity index (χ0) is 34.1. The van der Waals surface area contributed by atoms with Crippen molar-refractivity contribution >= 4 is 47.0 Å². The number of nitrogens with zero attached hydrogens (tertiary/aromatic N) is 2. The number of hydrogen-bond acceptors (Lipinski definition) is 9. The number of phenolic OH excluding ortho intramolecular Hbond substituents is 1. The first-order valence-electron chi connectivity index (χ1n) is 15.5. The molecule has 3 fully saturated rings. The summed E-state index contributed by atoms with van der Waals surface area (Å²) in [6.07, 6.45) is 0.954. The number of allylic oxidation sites excluding steroid dienone is 2. The van der Waals surface area contributed by atoms with Gasteiger partial charge >= 0.3 is 6.09 Å². The number of fused-ring (bicyclic) bond motifs is 4. The Labute approximate surface area is 281 Å². The zero-order valence-electron chi connectivity index (χ0n) is 26.3. The van der Waals surface area contributed by atoms with E-state index in [1.54, 1.807) is 42.5 Å². The Balaban J connectivity index is 1.47. The number of carbonyl (C=O) groups is 5. The molecule has 2 N–H and O–H groups in total. The minimum Gasteiger partial charge on any atom is -0.503 e. The lowest BCUT2D eigenvalue weighted by atomic mass is 9.49. The Morgan fingerprint density at radius 2 is 1.67 bits per heavy atom. The van der Waals surface area contributed by atoms with E-state index >= 15 is 4.79 Å². The topological polar surface area (TPSA) is 143 Å². The highest BCUT2D eigenvalue weighted by atomic mass is 35.5. The zero-order valence-corrected chi connectivity index (χ0v) is 27.1. The maximum Gasteiger partial charge on any atom is 0.423 e. The molecule has 4 aliphatic rings. The second-order valence-corrected chi connectivity index (χ2v) is 13.0. The van der Waals surface area contributed by atoms with Crippen LogP contribution in [-0.2, 0) is 29.3 Å². The van der Waals surface area contributed by atoms with E-state index in [9.17, 15) is 24.3 Å². The number of methoxy groups -OCH3 is 2. The molecule has 11 nitrogen and oxygen atoms in total. The van der Waals surface area contributed by atoms with Gasteiger partial charge in [-0.05, 0) is 61.1 Å². The second-order valence-electron chi connectivity index (χ2n) is 12.6. The largest absolute Gasteiger partial charge is 0.503 e. The minimum absolute atomic E-state index is 0.0316. The maximum absolute atomic E-state index is 15.1. The molecule has 0 spiro atoms. The third kappa shape index (κ3) is 4.37. The first kappa shape index (κ1) is 31.4. The van der Waals surface area contributed by atoms with Crippen molar-refractivity contribution in [1.82, 2.24) is 9.91 Å². The first-order chi connectivity index (χ1) is 23.0. The van der Waals surface area contributed by atoms with Gasteiger partial charge in [0.2, 0.25) is 11.8 Å². The summed E-state index contributed by atoms with van der Waals surface area (Å²) >= 11 is 6.56. The normalized spacial score (nSPS) is 27.7. The third-order valence-corrected chi connectivity index (χ3v) is 10.6. The van der Waals surface area contributed by atoms with Gasteiger partial charge in [0.05, 0.1) is 48.1 Å². The van der Waals surface area contributed by atoms with Crippen molar-refractivity contribution in [2.75, 3.05) is 19.6 Å². The molecule has 2 aliphatic heterocycles. The fourth-order valence-electron chi connectivity index (χ4n) is 8.31. The molecule has 1 saturated carbocycles. The molecule has 3 aromatic rings. The summed E-state index contributed by atoms with van der Waals surface area (Å²) < 4.78 is 10.2. The standard InChI is InChI=1S/C36H32ClN3O8/c1-18-9-11-21(12-10-18)38-40-32(43)25-17-24-22(13-14-23-28(24)33(44)39(31(23)42)35(46)48-3)29(19-15-26(37)30(41)27(16-19)47-2)36(25,34(40)45)20-7-5-4-6-8-20/h4-13,15-16,23-25,28-29,38,41H,14,17H2,1-3H3. The quantitative estimate of drug-likeness (QED) is 0.280. The van der Waals surface area contributed by atoms with E-state index in [1.165, 1.54) is 13.2 Å². The lowest BCUT2D eigenvalue weighted by Crippen LogP contribution is -2.53. The number of aryl methyl sites for hydroxylation is 1. The molecule has 2 heterocycles. The fraction of sp³-hybridized carbons (Fsp3) is 0.306. The maximum atomic E-state index is 15.1. The summed E-state index contributed by atoms with van der Waals surface area (Å²) in [5.74, 6) is -7.02. The molecule has 0 bridgehead atoms. The van der Waals surface area contributed by atoms with E-state index in [-0.39, 0.29) is 29.4 Å². The summed E-state index contributed by atoms with van der Waals surface area (Å²) in [7, 11) is 2.47. The van der Waals surface area contributed by atoms with E-state index in [2.05, 4.69) is 5.43 Å². The molecule has 2 aliphatic carbocycles. The number of anilines is 1. The number of benzene rings is 3. The number of imide groups is 4. The molecular weight excluding hydrogens is 638 g/mol. The summed E-state index contributed by atoms with van der Waals surface area (Å²) in [6.45, 7) is 1.93. The van der Waals surface area contributed by atoms with Crippen LogP contribution >= 0.6 is 11.6 Å². The molecule has 0 aromatic heterocycles. The Morgan fingerprint density at radius 3 is 2.33 bits per heavy atom. The van der Waals surface area contributed by atoms with Crippen LogP contribution in [0.3, 0.4) is 0 Å². The van der Waals surface area contributed by atoms with Crippen LogP contribution < -0.4 is 10.2 Å². The van der Waals surface area contributed by atoms with E-state index in [1.807, 2.05) is 31.2 Å². The van der Waals surface area contributed by atoms with Gasteiger partial charge in [0.25, 0.3) is 11.8 Å². The number of carbonyl (C=O) groups excluding carboxylic acids is 5. The predicted molar refractivity (Wildman–Crippen MR) is 173 cm³/mol. The summed E-state index contributed by atoms with van der Waals surface area (Å²) in [5, 5.41) is 11.7. The molecule has 246 valence electrons. The van der Waals surface area contributed by atoms with Crippen LogP contribution in [0.4, 0.5) is 10.5 Å². The molecule has 48 heavy (non-hydrogen) atoms. The van der Waals surface area contributed by atoms with E-state index in [0.717, 1.165) is 17.7 Å². The van der Waals surface area contributed by atoms with Crippen molar-refractivity contribution in [2.24, 2.45) is 23.7 Å². The van der Waals surface area contributed by atoms with Gasteiger partial charge in [-0.3, -0.25) is 24.6 Å². The number of aromatic hydroxyl groups is 1. The molecule has 6 unspecified atom stereocenters. The molecule has 3 aromatic carbocycles. The number of halogens is 1. The summed E-state index contributed by atoms with van der Waals surface area (Å²) in [4.78, 5) is 70.3. The molecule has 12 heteroatoms. The lowest BCUT2D eigenvalue weighted by Gasteiger charge is -2.50. The molecule has 0 radical (unpaired) electrons.